The van der Waals surface area contributed by atoms with Crippen LogP contribution in [0.3, 0.4) is 0 Å². The van der Waals surface area contributed by atoms with Gasteiger partial charge in [0.1, 0.15) is 0 Å². The average molecular weight is 320 g/mol. The SMILES string of the molecule is CNCCCC(=O)Nc1cc(C)ccc1SCC(F)(F)F. The smallest absolute Gasteiger partial charge is 0.325 e. The lowest BCUT2D eigenvalue weighted by Crippen LogP contribution is -2.16. The zero-order valence-corrected chi connectivity index (χ0v) is 12.8. The van der Waals surface area contributed by atoms with E-state index in [-0.39, 0.29) is 5.91 Å². The Hall–Kier alpha value is -1.21. The molecular weight excluding hydrogens is 301 g/mol. The van der Waals surface area contributed by atoms with Gasteiger partial charge in [-0.3, -0.25) is 4.79 Å². The Morgan fingerprint density at radius 2 is 2.05 bits per heavy atom. The van der Waals surface area contributed by atoms with Gasteiger partial charge in [-0.25, -0.2) is 0 Å². The molecule has 21 heavy (non-hydrogen) atoms. The number of halogens is 3. The van der Waals surface area contributed by atoms with Gasteiger partial charge >= 0.3 is 6.18 Å². The standard InChI is InChI=1S/C14H19F3N2OS/c1-10-5-6-12(21-9-14(15,16)17)11(8-10)19-13(20)4-3-7-18-2/h5-6,8,18H,3-4,7,9H2,1-2H3,(H,19,20). The number of benzene rings is 1. The Labute approximate surface area is 126 Å². The number of nitrogens with one attached hydrogen (secondary N) is 2. The van der Waals surface area contributed by atoms with Crippen molar-refractivity contribution in [3.63, 3.8) is 0 Å². The number of carbonyl (C=O) groups excluding carboxylic acids is 1. The molecule has 0 unspecified atom stereocenters. The van der Waals surface area contributed by atoms with Crippen molar-refractivity contribution < 1.29 is 18.0 Å². The minimum Gasteiger partial charge on any atom is -0.325 e. The Balaban J connectivity index is 2.70. The van der Waals surface area contributed by atoms with Gasteiger partial charge in [0.2, 0.25) is 5.91 Å². The molecule has 0 fully saturated rings. The average Bonchev–Trinajstić information content (AvgIpc) is 2.37. The molecule has 0 saturated heterocycles. The first-order valence-corrected chi connectivity index (χ1v) is 7.55. The quantitative estimate of drug-likeness (QED) is 0.596. The predicted octanol–water partition coefficient (Wildman–Crippen LogP) is 3.59. The highest BCUT2D eigenvalue weighted by molar-refractivity contribution is 7.99. The fourth-order valence-electron chi connectivity index (χ4n) is 1.67. The van der Waals surface area contributed by atoms with Crippen LogP contribution >= 0.6 is 11.8 Å². The molecule has 1 rings (SSSR count). The van der Waals surface area contributed by atoms with Crippen LogP contribution in [0.5, 0.6) is 0 Å². The molecule has 2 N–H and O–H groups in total. The molecule has 3 nitrogen and oxygen atoms in total. The largest absolute Gasteiger partial charge is 0.398 e. The van der Waals surface area contributed by atoms with Crippen molar-refractivity contribution in [1.82, 2.24) is 5.32 Å². The van der Waals surface area contributed by atoms with E-state index in [1.807, 2.05) is 6.92 Å². The van der Waals surface area contributed by atoms with Crippen molar-refractivity contribution in [2.24, 2.45) is 0 Å². The monoisotopic (exact) mass is 320 g/mol. The topological polar surface area (TPSA) is 41.1 Å². The van der Waals surface area contributed by atoms with E-state index < -0.39 is 11.9 Å². The molecule has 0 aromatic heterocycles. The van der Waals surface area contributed by atoms with Crippen molar-refractivity contribution in [2.45, 2.75) is 30.8 Å². The molecule has 0 aliphatic carbocycles. The Kier molecular flexibility index (Phi) is 7.04. The van der Waals surface area contributed by atoms with Crippen molar-refractivity contribution in [1.29, 1.82) is 0 Å². The van der Waals surface area contributed by atoms with Crippen LogP contribution in [-0.4, -0.2) is 31.4 Å². The van der Waals surface area contributed by atoms with Gasteiger partial charge in [-0.15, -0.1) is 11.8 Å². The third kappa shape index (κ3) is 7.38. The minimum absolute atomic E-state index is 0.190. The van der Waals surface area contributed by atoms with Crippen molar-refractivity contribution in [3.05, 3.63) is 23.8 Å². The summed E-state index contributed by atoms with van der Waals surface area (Å²) in [5.74, 6) is -1.16. The minimum atomic E-state index is -4.23. The van der Waals surface area contributed by atoms with Crippen molar-refractivity contribution in [2.75, 3.05) is 24.7 Å². The van der Waals surface area contributed by atoms with Crippen LogP contribution in [0.4, 0.5) is 18.9 Å². The molecule has 0 heterocycles. The second-order valence-corrected chi connectivity index (χ2v) is 5.68. The van der Waals surface area contributed by atoms with E-state index in [0.717, 1.165) is 12.1 Å². The molecule has 0 spiro atoms. The molecule has 0 radical (unpaired) electrons. The Morgan fingerprint density at radius 1 is 1.33 bits per heavy atom. The molecule has 0 aliphatic rings. The maximum atomic E-state index is 12.3. The Bertz CT molecular complexity index is 478. The maximum Gasteiger partial charge on any atom is 0.398 e. The van der Waals surface area contributed by atoms with Gasteiger partial charge in [-0.2, -0.15) is 13.2 Å². The third-order valence-electron chi connectivity index (χ3n) is 2.63. The highest BCUT2D eigenvalue weighted by Crippen LogP contribution is 2.32. The molecule has 0 atom stereocenters. The van der Waals surface area contributed by atoms with E-state index in [0.29, 0.717) is 35.2 Å². The molecule has 1 aromatic carbocycles. The zero-order valence-electron chi connectivity index (χ0n) is 12.0. The van der Waals surface area contributed by atoms with Crippen LogP contribution in [0.1, 0.15) is 18.4 Å². The first-order valence-electron chi connectivity index (χ1n) is 6.56. The van der Waals surface area contributed by atoms with Gasteiger partial charge in [0.05, 0.1) is 11.4 Å². The van der Waals surface area contributed by atoms with E-state index in [1.165, 1.54) is 0 Å². The van der Waals surface area contributed by atoms with Crippen LogP contribution in [0.25, 0.3) is 0 Å². The number of rotatable bonds is 7. The molecular formula is C14H19F3N2OS. The van der Waals surface area contributed by atoms with Gasteiger partial charge in [-0.05, 0) is 44.6 Å². The van der Waals surface area contributed by atoms with Gasteiger partial charge in [-0.1, -0.05) is 6.07 Å². The molecule has 118 valence electrons. The van der Waals surface area contributed by atoms with E-state index in [9.17, 15) is 18.0 Å². The highest BCUT2D eigenvalue weighted by atomic mass is 32.2. The fraction of sp³-hybridized carbons (Fsp3) is 0.500. The van der Waals surface area contributed by atoms with Gasteiger partial charge in [0, 0.05) is 11.3 Å². The number of hydrogen-bond donors (Lipinski definition) is 2. The summed E-state index contributed by atoms with van der Waals surface area (Å²) in [6, 6.07) is 5.03. The number of thioether (sulfide) groups is 1. The van der Waals surface area contributed by atoms with Crippen molar-refractivity contribution >= 4 is 23.4 Å². The van der Waals surface area contributed by atoms with E-state index in [4.69, 9.17) is 0 Å². The lowest BCUT2D eigenvalue weighted by molar-refractivity contribution is -0.116. The summed E-state index contributed by atoms with van der Waals surface area (Å²) in [6.45, 7) is 2.55. The van der Waals surface area contributed by atoms with Crippen molar-refractivity contribution in [3.8, 4) is 0 Å². The summed E-state index contributed by atoms with van der Waals surface area (Å²) in [7, 11) is 1.80. The lowest BCUT2D eigenvalue weighted by Gasteiger charge is -2.13. The van der Waals surface area contributed by atoms with E-state index in [2.05, 4.69) is 10.6 Å². The maximum absolute atomic E-state index is 12.3. The predicted molar refractivity (Wildman–Crippen MR) is 79.7 cm³/mol. The zero-order chi connectivity index (χ0) is 15.9. The second-order valence-electron chi connectivity index (χ2n) is 4.66. The molecule has 0 saturated carbocycles. The first-order chi connectivity index (χ1) is 9.81. The fourth-order valence-corrected chi connectivity index (χ4v) is 2.41. The number of hydrogen-bond acceptors (Lipinski definition) is 3. The molecule has 0 bridgehead atoms. The highest BCUT2D eigenvalue weighted by Gasteiger charge is 2.27. The molecule has 1 aromatic rings. The van der Waals surface area contributed by atoms with Gasteiger partial charge in [0.15, 0.2) is 0 Å². The van der Waals surface area contributed by atoms with Crippen LogP contribution in [0.2, 0.25) is 0 Å². The number of alkyl halides is 3. The summed E-state index contributed by atoms with van der Waals surface area (Å²) in [5, 5.41) is 5.63. The number of carbonyl (C=O) groups is 1. The number of aryl methyl sites for hydroxylation is 1. The van der Waals surface area contributed by atoms with Crippen LogP contribution < -0.4 is 10.6 Å². The third-order valence-corrected chi connectivity index (χ3v) is 3.77. The normalized spacial score (nSPS) is 11.5. The second kappa shape index (κ2) is 8.29. The van der Waals surface area contributed by atoms with Crippen LogP contribution in [0, 0.1) is 6.92 Å². The number of amides is 1. The van der Waals surface area contributed by atoms with Crippen LogP contribution in [0.15, 0.2) is 23.1 Å². The van der Waals surface area contributed by atoms with E-state index in [1.54, 1.807) is 25.2 Å². The number of anilines is 1. The summed E-state index contributed by atoms with van der Waals surface area (Å²) >= 11 is 0.681. The summed E-state index contributed by atoms with van der Waals surface area (Å²) in [6.07, 6.45) is -3.22. The van der Waals surface area contributed by atoms with E-state index >= 15 is 0 Å². The van der Waals surface area contributed by atoms with Gasteiger partial charge < -0.3 is 10.6 Å². The van der Waals surface area contributed by atoms with Crippen LogP contribution in [-0.2, 0) is 4.79 Å². The summed E-state index contributed by atoms with van der Waals surface area (Å²) in [5.41, 5.74) is 1.33. The lowest BCUT2D eigenvalue weighted by atomic mass is 10.2. The molecule has 1 amide bonds. The Morgan fingerprint density at radius 3 is 2.67 bits per heavy atom. The molecule has 0 aliphatic heterocycles. The van der Waals surface area contributed by atoms with Gasteiger partial charge in [0.25, 0.3) is 0 Å². The summed E-state index contributed by atoms with van der Waals surface area (Å²) < 4.78 is 36.9. The summed E-state index contributed by atoms with van der Waals surface area (Å²) in [4.78, 5) is 12.2. The first kappa shape index (κ1) is 17.8. The molecule has 7 heteroatoms.